The first kappa shape index (κ1) is 15.1. The fraction of sp³-hybridized carbons (Fsp3) is 0.400. The number of carbonyl (C=O) groups is 2. The highest BCUT2D eigenvalue weighted by Gasteiger charge is 2.20. The smallest absolute Gasteiger partial charge is 0.342 e. The number of carbonyl (C=O) groups excluding carboxylic acids is 2. The normalized spacial score (nSPS) is 14.5. The van der Waals surface area contributed by atoms with Crippen LogP contribution in [0.4, 0.5) is 0 Å². The predicted molar refractivity (Wildman–Crippen MR) is 79.9 cm³/mol. The number of pyridine rings is 1. The van der Waals surface area contributed by atoms with Crippen LogP contribution in [0.2, 0.25) is 0 Å². The summed E-state index contributed by atoms with van der Waals surface area (Å²) in [5.41, 5.74) is 0.240. The molecule has 3 rings (SSSR count). The van der Waals surface area contributed by atoms with Crippen LogP contribution < -0.4 is 0 Å². The number of hydrogen-bond acceptors (Lipinski definition) is 6. The fourth-order valence-electron chi connectivity index (χ4n) is 2.50. The number of nitrogens with zero attached hydrogens (tertiary/aromatic N) is 5. The van der Waals surface area contributed by atoms with Gasteiger partial charge in [-0.15, -0.1) is 0 Å². The minimum absolute atomic E-state index is 0.163. The molecule has 0 aliphatic carbocycles. The van der Waals surface area contributed by atoms with Gasteiger partial charge in [0, 0.05) is 19.3 Å². The molecule has 8 heteroatoms. The van der Waals surface area contributed by atoms with E-state index >= 15 is 0 Å². The Morgan fingerprint density at radius 1 is 1.22 bits per heavy atom. The summed E-state index contributed by atoms with van der Waals surface area (Å²) < 4.78 is 6.53. The Balaban J connectivity index is 1.66. The van der Waals surface area contributed by atoms with Gasteiger partial charge in [0.1, 0.15) is 18.2 Å². The number of amides is 1. The number of esters is 1. The summed E-state index contributed by atoms with van der Waals surface area (Å²) in [7, 11) is 0. The Hall–Kier alpha value is -2.77. The summed E-state index contributed by atoms with van der Waals surface area (Å²) in [6.45, 7) is 1.20. The topological polar surface area (TPSA) is 90.2 Å². The van der Waals surface area contributed by atoms with E-state index in [-0.39, 0.29) is 18.1 Å². The van der Waals surface area contributed by atoms with Gasteiger partial charge in [-0.1, -0.05) is 0 Å². The summed E-state index contributed by atoms with van der Waals surface area (Å²) in [5.74, 6) is -0.446. The lowest BCUT2D eigenvalue weighted by Gasteiger charge is -2.26. The maximum absolute atomic E-state index is 12.3. The Bertz CT molecular complexity index is 680. The maximum Gasteiger partial charge on any atom is 0.342 e. The molecule has 0 atom stereocenters. The molecule has 1 saturated heterocycles. The lowest BCUT2D eigenvalue weighted by Crippen LogP contribution is -2.38. The molecule has 0 aromatic carbocycles. The molecule has 8 nitrogen and oxygen atoms in total. The van der Waals surface area contributed by atoms with Crippen LogP contribution in [-0.2, 0) is 9.53 Å². The van der Waals surface area contributed by atoms with Crippen LogP contribution in [0.1, 0.15) is 29.6 Å². The summed E-state index contributed by atoms with van der Waals surface area (Å²) in [5, 5.41) is 3.96. The van der Waals surface area contributed by atoms with Crippen molar-refractivity contribution in [3.8, 4) is 5.82 Å². The second-order valence-corrected chi connectivity index (χ2v) is 5.23. The Kier molecular flexibility index (Phi) is 4.60. The number of hydrogen-bond donors (Lipinski definition) is 0. The van der Waals surface area contributed by atoms with Crippen molar-refractivity contribution in [1.29, 1.82) is 0 Å². The molecule has 2 aromatic heterocycles. The summed E-state index contributed by atoms with van der Waals surface area (Å²) in [6, 6.07) is 3.21. The van der Waals surface area contributed by atoms with Crippen LogP contribution in [0.5, 0.6) is 0 Å². The van der Waals surface area contributed by atoms with Crippen molar-refractivity contribution in [2.45, 2.75) is 19.3 Å². The highest BCUT2D eigenvalue weighted by atomic mass is 16.5. The van der Waals surface area contributed by atoms with Crippen molar-refractivity contribution in [3.05, 3.63) is 36.5 Å². The zero-order valence-corrected chi connectivity index (χ0v) is 12.6. The average Bonchev–Trinajstić information content (AvgIpc) is 3.14. The largest absolute Gasteiger partial charge is 0.452 e. The van der Waals surface area contributed by atoms with Crippen molar-refractivity contribution in [2.75, 3.05) is 19.7 Å². The molecule has 120 valence electrons. The van der Waals surface area contributed by atoms with Crippen LogP contribution in [-0.4, -0.2) is 56.2 Å². The van der Waals surface area contributed by atoms with Gasteiger partial charge in [0.25, 0.3) is 5.91 Å². The summed E-state index contributed by atoms with van der Waals surface area (Å²) in [6.07, 6.45) is 7.48. The SMILES string of the molecule is O=C(OCC(=O)N1CCCCC1)c1cccnc1-n1cncn1. The van der Waals surface area contributed by atoms with E-state index in [1.54, 1.807) is 23.2 Å². The highest BCUT2D eigenvalue weighted by molar-refractivity contribution is 5.94. The molecule has 23 heavy (non-hydrogen) atoms. The van der Waals surface area contributed by atoms with Crippen LogP contribution in [0.3, 0.4) is 0 Å². The molecule has 1 fully saturated rings. The van der Waals surface area contributed by atoms with E-state index in [9.17, 15) is 9.59 Å². The maximum atomic E-state index is 12.3. The molecular formula is C15H17N5O3. The van der Waals surface area contributed by atoms with E-state index in [1.807, 2.05) is 0 Å². The van der Waals surface area contributed by atoms with Gasteiger partial charge in [-0.3, -0.25) is 4.79 Å². The Labute approximate surface area is 133 Å². The molecule has 0 unspecified atom stereocenters. The van der Waals surface area contributed by atoms with Gasteiger partial charge in [0.2, 0.25) is 0 Å². The van der Waals surface area contributed by atoms with Crippen molar-refractivity contribution < 1.29 is 14.3 Å². The first-order chi connectivity index (χ1) is 11.3. The minimum atomic E-state index is -0.603. The molecule has 0 N–H and O–H groups in total. The molecule has 0 radical (unpaired) electrons. The third-order valence-corrected chi connectivity index (χ3v) is 3.68. The van der Waals surface area contributed by atoms with Gasteiger partial charge < -0.3 is 9.64 Å². The van der Waals surface area contributed by atoms with Gasteiger partial charge in [-0.2, -0.15) is 5.10 Å². The number of likely N-dealkylation sites (tertiary alicyclic amines) is 1. The van der Waals surface area contributed by atoms with Crippen LogP contribution in [0.25, 0.3) is 5.82 Å². The van der Waals surface area contributed by atoms with Gasteiger partial charge in [0.05, 0.1) is 0 Å². The van der Waals surface area contributed by atoms with E-state index in [4.69, 9.17) is 4.74 Å². The average molecular weight is 315 g/mol. The van der Waals surface area contributed by atoms with Crippen LogP contribution in [0.15, 0.2) is 31.0 Å². The second kappa shape index (κ2) is 6.99. The van der Waals surface area contributed by atoms with Crippen LogP contribution >= 0.6 is 0 Å². The molecule has 2 aromatic rings. The number of rotatable bonds is 4. The quantitative estimate of drug-likeness (QED) is 0.776. The first-order valence-electron chi connectivity index (χ1n) is 7.50. The van der Waals surface area contributed by atoms with Crippen LogP contribution in [0, 0.1) is 0 Å². The fourth-order valence-corrected chi connectivity index (χ4v) is 2.50. The number of aromatic nitrogens is 4. The summed E-state index contributed by atoms with van der Waals surface area (Å²) >= 11 is 0. The van der Waals surface area contributed by atoms with E-state index in [0.29, 0.717) is 5.82 Å². The van der Waals surface area contributed by atoms with E-state index in [0.717, 1.165) is 32.4 Å². The molecule has 1 amide bonds. The van der Waals surface area contributed by atoms with Crippen molar-refractivity contribution in [1.82, 2.24) is 24.6 Å². The zero-order chi connectivity index (χ0) is 16.1. The van der Waals surface area contributed by atoms with E-state index < -0.39 is 5.97 Å². The third-order valence-electron chi connectivity index (χ3n) is 3.68. The predicted octanol–water partition coefficient (Wildman–Crippen LogP) is 0.832. The van der Waals surface area contributed by atoms with Gasteiger partial charge in [-0.05, 0) is 31.4 Å². The van der Waals surface area contributed by atoms with Gasteiger partial charge >= 0.3 is 5.97 Å². The van der Waals surface area contributed by atoms with E-state index in [1.165, 1.54) is 17.3 Å². The molecule has 0 saturated carbocycles. The highest BCUT2D eigenvalue weighted by Crippen LogP contribution is 2.12. The molecule has 1 aliphatic rings. The van der Waals surface area contributed by atoms with Crippen molar-refractivity contribution >= 4 is 11.9 Å². The Morgan fingerprint density at radius 3 is 2.78 bits per heavy atom. The molecule has 3 heterocycles. The zero-order valence-electron chi connectivity index (χ0n) is 12.6. The van der Waals surface area contributed by atoms with Gasteiger partial charge in [-0.25, -0.2) is 19.4 Å². The lowest BCUT2D eigenvalue weighted by atomic mass is 10.1. The first-order valence-corrected chi connectivity index (χ1v) is 7.50. The second-order valence-electron chi connectivity index (χ2n) is 5.23. The standard InChI is InChI=1S/C15H17N5O3/c21-13(19-7-2-1-3-8-19)9-23-15(22)12-5-4-6-17-14(12)20-11-16-10-18-20/h4-6,10-11H,1-3,7-9H2. The minimum Gasteiger partial charge on any atom is -0.452 e. The Morgan fingerprint density at radius 2 is 2.04 bits per heavy atom. The van der Waals surface area contributed by atoms with Gasteiger partial charge in [0.15, 0.2) is 12.4 Å². The molecular weight excluding hydrogens is 298 g/mol. The number of ether oxygens (including phenoxy) is 1. The third kappa shape index (κ3) is 3.53. The monoisotopic (exact) mass is 315 g/mol. The summed E-state index contributed by atoms with van der Waals surface area (Å²) in [4.78, 5) is 34.0. The lowest BCUT2D eigenvalue weighted by molar-refractivity contribution is -0.135. The number of piperidine rings is 1. The van der Waals surface area contributed by atoms with Crippen molar-refractivity contribution in [2.24, 2.45) is 0 Å². The molecule has 0 bridgehead atoms. The molecule has 0 spiro atoms. The van der Waals surface area contributed by atoms with E-state index in [2.05, 4.69) is 15.1 Å². The molecule has 1 aliphatic heterocycles. The van der Waals surface area contributed by atoms with Crippen molar-refractivity contribution in [3.63, 3.8) is 0 Å².